The van der Waals surface area contributed by atoms with Gasteiger partial charge in [-0.3, -0.25) is 4.79 Å². The second kappa shape index (κ2) is 5.67. The van der Waals surface area contributed by atoms with Gasteiger partial charge >= 0.3 is 0 Å². The number of amides is 1. The molecule has 1 amide bonds. The zero-order valence-corrected chi connectivity index (χ0v) is 8.56. The first-order valence-corrected chi connectivity index (χ1v) is 5.05. The van der Waals surface area contributed by atoms with Crippen LogP contribution in [0.1, 0.15) is 0 Å². The molecule has 0 fully saturated rings. The van der Waals surface area contributed by atoms with E-state index in [1.54, 1.807) is 18.2 Å². The van der Waals surface area contributed by atoms with Crippen LogP contribution >= 0.6 is 11.8 Å². The fourth-order valence-corrected chi connectivity index (χ4v) is 1.57. The van der Waals surface area contributed by atoms with Crippen molar-refractivity contribution in [3.05, 3.63) is 24.3 Å². The molecule has 0 saturated carbocycles. The maximum atomic E-state index is 12.1. The van der Waals surface area contributed by atoms with Crippen LogP contribution in [0, 0.1) is 0 Å². The average molecular weight is 232 g/mol. The lowest BCUT2D eigenvalue weighted by molar-refractivity contribution is -0.114. The molecule has 0 radical (unpaired) electrons. The number of para-hydroxylation sites is 1. The highest BCUT2D eigenvalue weighted by atomic mass is 32.2. The lowest BCUT2D eigenvalue weighted by Crippen LogP contribution is -2.22. The minimum Gasteiger partial charge on any atom is -0.324 e. The van der Waals surface area contributed by atoms with E-state index in [9.17, 15) is 13.6 Å². The third kappa shape index (κ3) is 3.85. The average Bonchev–Trinajstić information content (AvgIpc) is 2.20. The highest BCUT2D eigenvalue weighted by Gasteiger charge is 2.10. The Hall–Kier alpha value is -1.14. The summed E-state index contributed by atoms with van der Waals surface area (Å²) in [4.78, 5) is 11.3. The maximum Gasteiger partial charge on any atom is 0.288 e. The van der Waals surface area contributed by atoms with Crippen molar-refractivity contribution in [2.45, 2.75) is 10.7 Å². The number of nitrogens with two attached hydrogens (primary N) is 1. The van der Waals surface area contributed by atoms with Gasteiger partial charge in [0, 0.05) is 4.90 Å². The number of carbonyl (C=O) groups excluding carboxylic acids is 1. The lowest BCUT2D eigenvalue weighted by atomic mass is 10.3. The number of hydrogen-bond acceptors (Lipinski definition) is 3. The monoisotopic (exact) mass is 232 g/mol. The highest BCUT2D eigenvalue weighted by molar-refractivity contribution is 7.99. The first-order chi connectivity index (χ1) is 7.13. The molecule has 3 nitrogen and oxygen atoms in total. The van der Waals surface area contributed by atoms with Crippen molar-refractivity contribution in [2.75, 3.05) is 11.9 Å². The van der Waals surface area contributed by atoms with Gasteiger partial charge in [0.05, 0.1) is 12.2 Å². The van der Waals surface area contributed by atoms with Gasteiger partial charge in [0.25, 0.3) is 5.76 Å². The van der Waals surface area contributed by atoms with Crippen LogP contribution in [0.15, 0.2) is 29.2 Å². The molecule has 0 aromatic heterocycles. The van der Waals surface area contributed by atoms with Crippen LogP contribution in [0.3, 0.4) is 0 Å². The van der Waals surface area contributed by atoms with E-state index in [1.807, 2.05) is 0 Å². The number of nitrogens with one attached hydrogen (secondary N) is 1. The van der Waals surface area contributed by atoms with E-state index in [1.165, 1.54) is 6.07 Å². The number of alkyl halides is 2. The van der Waals surface area contributed by atoms with E-state index in [0.717, 1.165) is 0 Å². The van der Waals surface area contributed by atoms with E-state index in [4.69, 9.17) is 5.73 Å². The van der Waals surface area contributed by atoms with Crippen molar-refractivity contribution in [3.8, 4) is 0 Å². The van der Waals surface area contributed by atoms with E-state index >= 15 is 0 Å². The van der Waals surface area contributed by atoms with Crippen molar-refractivity contribution < 1.29 is 13.6 Å². The van der Waals surface area contributed by atoms with Gasteiger partial charge in [-0.2, -0.15) is 8.78 Å². The summed E-state index contributed by atoms with van der Waals surface area (Å²) in [5.74, 6) is -2.92. The van der Waals surface area contributed by atoms with Crippen LogP contribution in [-0.4, -0.2) is 18.2 Å². The Morgan fingerprint density at radius 3 is 2.73 bits per heavy atom. The summed E-state index contributed by atoms with van der Waals surface area (Å²) in [6.07, 6.45) is 0. The predicted molar refractivity (Wildman–Crippen MR) is 56.0 cm³/mol. The maximum absolute atomic E-state index is 12.1. The van der Waals surface area contributed by atoms with Crippen LogP contribution < -0.4 is 11.1 Å². The Labute approximate surface area is 90.0 Å². The number of hydrogen-bond donors (Lipinski definition) is 2. The van der Waals surface area contributed by atoms with Gasteiger partial charge in [-0.1, -0.05) is 23.9 Å². The van der Waals surface area contributed by atoms with Crippen LogP contribution in [-0.2, 0) is 4.79 Å². The lowest BCUT2D eigenvalue weighted by Gasteiger charge is -2.08. The van der Waals surface area contributed by atoms with Crippen LogP contribution in [0.5, 0.6) is 0 Å². The number of benzene rings is 1. The van der Waals surface area contributed by atoms with Crippen molar-refractivity contribution in [2.24, 2.45) is 5.73 Å². The molecule has 0 heterocycles. The summed E-state index contributed by atoms with van der Waals surface area (Å²) in [5, 5.41) is 2.45. The van der Waals surface area contributed by atoms with Gasteiger partial charge in [0.15, 0.2) is 0 Å². The second-order valence-corrected chi connectivity index (χ2v) is 3.66. The minimum absolute atomic E-state index is 0.173. The van der Waals surface area contributed by atoms with Gasteiger partial charge in [-0.15, -0.1) is 0 Å². The van der Waals surface area contributed by atoms with E-state index in [2.05, 4.69) is 5.32 Å². The molecule has 0 saturated heterocycles. The molecular formula is C9H10F2N2OS. The molecule has 82 valence electrons. The van der Waals surface area contributed by atoms with E-state index in [-0.39, 0.29) is 6.54 Å². The number of thioether (sulfide) groups is 1. The predicted octanol–water partition coefficient (Wildman–Crippen LogP) is 1.90. The molecule has 0 atom stereocenters. The molecule has 1 aromatic carbocycles. The molecule has 0 aliphatic rings. The van der Waals surface area contributed by atoms with Crippen LogP contribution in [0.2, 0.25) is 0 Å². The van der Waals surface area contributed by atoms with Crippen molar-refractivity contribution in [1.82, 2.24) is 0 Å². The Balaban J connectivity index is 2.81. The normalized spacial score (nSPS) is 10.4. The van der Waals surface area contributed by atoms with Gasteiger partial charge in [0.2, 0.25) is 5.91 Å². The molecule has 15 heavy (non-hydrogen) atoms. The number of carbonyl (C=O) groups is 1. The molecule has 6 heteroatoms. The summed E-state index contributed by atoms with van der Waals surface area (Å²) in [7, 11) is 0. The summed E-state index contributed by atoms with van der Waals surface area (Å²) >= 11 is 0.389. The van der Waals surface area contributed by atoms with Crippen LogP contribution in [0.25, 0.3) is 0 Å². The first kappa shape index (κ1) is 11.9. The zero-order valence-electron chi connectivity index (χ0n) is 7.74. The van der Waals surface area contributed by atoms with E-state index in [0.29, 0.717) is 22.3 Å². The smallest absolute Gasteiger partial charge is 0.288 e. The fraction of sp³-hybridized carbons (Fsp3) is 0.222. The third-order valence-corrected chi connectivity index (χ3v) is 2.35. The van der Waals surface area contributed by atoms with Crippen molar-refractivity contribution in [3.63, 3.8) is 0 Å². The molecule has 0 bridgehead atoms. The molecule has 0 spiro atoms. The second-order valence-electron chi connectivity index (χ2n) is 2.63. The molecule has 0 aliphatic heterocycles. The van der Waals surface area contributed by atoms with Crippen molar-refractivity contribution >= 4 is 23.4 Å². The molecular weight excluding hydrogens is 222 g/mol. The first-order valence-electron chi connectivity index (χ1n) is 4.17. The topological polar surface area (TPSA) is 55.1 Å². The van der Waals surface area contributed by atoms with Crippen LogP contribution in [0.4, 0.5) is 14.5 Å². The Bertz CT molecular complexity index is 347. The fourth-order valence-electron chi connectivity index (χ4n) is 0.970. The van der Waals surface area contributed by atoms with Gasteiger partial charge in [-0.05, 0) is 12.1 Å². The Kier molecular flexibility index (Phi) is 4.51. The Morgan fingerprint density at radius 1 is 1.47 bits per heavy atom. The van der Waals surface area contributed by atoms with Gasteiger partial charge < -0.3 is 11.1 Å². The number of halogens is 2. The zero-order chi connectivity index (χ0) is 11.3. The Morgan fingerprint density at radius 2 is 2.13 bits per heavy atom. The van der Waals surface area contributed by atoms with Gasteiger partial charge in [-0.25, -0.2) is 0 Å². The standard InChI is InChI=1S/C9H10F2N2OS/c10-9(11)15-7-4-2-1-3-6(7)13-8(14)5-12/h1-4,9H,5,12H2,(H,13,14). The number of rotatable bonds is 4. The molecule has 1 aromatic rings. The highest BCUT2D eigenvalue weighted by Crippen LogP contribution is 2.31. The summed E-state index contributed by atoms with van der Waals surface area (Å²) in [5.41, 5.74) is 5.46. The molecule has 0 unspecified atom stereocenters. The quantitative estimate of drug-likeness (QED) is 0.779. The largest absolute Gasteiger partial charge is 0.324 e. The van der Waals surface area contributed by atoms with E-state index < -0.39 is 11.7 Å². The summed E-state index contributed by atoms with van der Waals surface area (Å²) < 4.78 is 24.3. The molecule has 1 rings (SSSR count). The van der Waals surface area contributed by atoms with Gasteiger partial charge in [0.1, 0.15) is 0 Å². The summed E-state index contributed by atoms with van der Waals surface area (Å²) in [6, 6.07) is 6.35. The summed E-state index contributed by atoms with van der Waals surface area (Å²) in [6.45, 7) is -0.173. The number of anilines is 1. The molecule has 3 N–H and O–H groups in total. The third-order valence-electron chi connectivity index (χ3n) is 1.56. The minimum atomic E-state index is -2.51. The molecule has 0 aliphatic carbocycles. The SMILES string of the molecule is NCC(=O)Nc1ccccc1SC(F)F. The van der Waals surface area contributed by atoms with Crippen molar-refractivity contribution in [1.29, 1.82) is 0 Å².